The average molecular weight is 300 g/mol. The van der Waals surface area contributed by atoms with Crippen molar-refractivity contribution in [2.75, 3.05) is 7.05 Å². The number of hydrogen-bond donors (Lipinski definition) is 0. The van der Waals surface area contributed by atoms with Gasteiger partial charge in [0.15, 0.2) is 0 Å². The summed E-state index contributed by atoms with van der Waals surface area (Å²) in [5.74, 6) is 0.915. The van der Waals surface area contributed by atoms with E-state index in [9.17, 15) is 0 Å². The molecule has 0 radical (unpaired) electrons. The molecule has 0 bridgehead atoms. The highest BCUT2D eigenvalue weighted by atomic mass is 79.9. The summed E-state index contributed by atoms with van der Waals surface area (Å²) in [4.78, 5) is 2.45. The van der Waals surface area contributed by atoms with Gasteiger partial charge in [-0.3, -0.25) is 9.58 Å². The van der Waals surface area contributed by atoms with Gasteiger partial charge in [-0.1, -0.05) is 0 Å². The van der Waals surface area contributed by atoms with E-state index in [1.165, 1.54) is 23.0 Å². The van der Waals surface area contributed by atoms with Gasteiger partial charge in [-0.2, -0.15) is 5.10 Å². The smallest absolute Gasteiger partial charge is 0.0739 e. The van der Waals surface area contributed by atoms with Crippen molar-refractivity contribution in [1.82, 2.24) is 14.7 Å². The molecule has 1 fully saturated rings. The molecule has 4 heteroatoms. The molecule has 0 N–H and O–H groups in total. The first-order valence-electron chi connectivity index (χ1n) is 6.46. The summed E-state index contributed by atoms with van der Waals surface area (Å²) < 4.78 is 3.28. The van der Waals surface area contributed by atoms with Gasteiger partial charge < -0.3 is 0 Å². The molecule has 1 atom stereocenters. The number of nitrogens with zero attached hydrogens (tertiary/aromatic N) is 3. The van der Waals surface area contributed by atoms with Gasteiger partial charge in [0.25, 0.3) is 0 Å². The fraction of sp³-hybridized carbons (Fsp3) is 0.769. The van der Waals surface area contributed by atoms with Crippen LogP contribution in [0.15, 0.2) is 4.47 Å². The van der Waals surface area contributed by atoms with Crippen molar-refractivity contribution in [2.24, 2.45) is 5.92 Å². The van der Waals surface area contributed by atoms with Crippen molar-refractivity contribution in [3.63, 3.8) is 0 Å². The predicted molar refractivity (Wildman–Crippen MR) is 74.0 cm³/mol. The molecule has 96 valence electrons. The van der Waals surface area contributed by atoms with Crippen molar-refractivity contribution in [3.05, 3.63) is 15.9 Å². The van der Waals surface area contributed by atoms with Gasteiger partial charge in [0, 0.05) is 19.1 Å². The molecule has 1 aliphatic carbocycles. The molecule has 1 saturated carbocycles. The molecular formula is C13H22BrN3. The van der Waals surface area contributed by atoms with Crippen LogP contribution < -0.4 is 0 Å². The van der Waals surface area contributed by atoms with Crippen LogP contribution in [0, 0.1) is 12.8 Å². The van der Waals surface area contributed by atoms with Gasteiger partial charge in [-0.15, -0.1) is 0 Å². The SMILES string of the molecule is CCn1nc(C)c(Br)c1CN(C)C(C)C1CC1. The summed E-state index contributed by atoms with van der Waals surface area (Å²) in [7, 11) is 2.22. The van der Waals surface area contributed by atoms with E-state index in [0.29, 0.717) is 6.04 Å². The van der Waals surface area contributed by atoms with Crippen LogP contribution >= 0.6 is 15.9 Å². The van der Waals surface area contributed by atoms with E-state index in [4.69, 9.17) is 0 Å². The first kappa shape index (κ1) is 13.1. The zero-order chi connectivity index (χ0) is 12.6. The lowest BCUT2D eigenvalue weighted by molar-refractivity contribution is 0.220. The van der Waals surface area contributed by atoms with E-state index in [1.54, 1.807) is 0 Å². The lowest BCUT2D eigenvalue weighted by Crippen LogP contribution is -2.31. The Morgan fingerprint density at radius 1 is 1.53 bits per heavy atom. The second-order valence-corrected chi connectivity index (χ2v) is 5.95. The molecule has 1 unspecified atom stereocenters. The number of aromatic nitrogens is 2. The molecule has 1 heterocycles. The Balaban J connectivity index is 2.11. The fourth-order valence-corrected chi connectivity index (χ4v) is 2.75. The third-order valence-corrected chi connectivity index (χ3v) is 4.88. The highest BCUT2D eigenvalue weighted by Gasteiger charge is 2.31. The standard InChI is InChI=1S/C13H22BrN3/c1-5-17-12(13(14)9(2)15-17)8-16(4)10(3)11-6-7-11/h10-11H,5-8H2,1-4H3. The Kier molecular flexibility index (Phi) is 3.93. The minimum atomic E-state index is 0.683. The minimum Gasteiger partial charge on any atom is -0.298 e. The maximum atomic E-state index is 4.54. The van der Waals surface area contributed by atoms with Crippen LogP contribution in [0.4, 0.5) is 0 Å². The van der Waals surface area contributed by atoms with E-state index in [0.717, 1.165) is 24.7 Å². The molecular weight excluding hydrogens is 278 g/mol. The molecule has 0 aliphatic heterocycles. The highest BCUT2D eigenvalue weighted by molar-refractivity contribution is 9.10. The third kappa shape index (κ3) is 2.74. The number of halogens is 1. The molecule has 0 amide bonds. The van der Waals surface area contributed by atoms with Crippen LogP contribution in [-0.2, 0) is 13.1 Å². The Morgan fingerprint density at radius 2 is 2.18 bits per heavy atom. The minimum absolute atomic E-state index is 0.683. The second kappa shape index (κ2) is 5.11. The van der Waals surface area contributed by atoms with Crippen molar-refractivity contribution in [1.29, 1.82) is 0 Å². The summed E-state index contributed by atoms with van der Waals surface area (Å²) >= 11 is 3.66. The molecule has 17 heavy (non-hydrogen) atoms. The normalized spacial score (nSPS) is 17.8. The van der Waals surface area contributed by atoms with Gasteiger partial charge in [0.2, 0.25) is 0 Å². The number of hydrogen-bond acceptors (Lipinski definition) is 2. The van der Waals surface area contributed by atoms with Crippen molar-refractivity contribution in [2.45, 2.75) is 52.7 Å². The molecule has 1 aliphatic rings. The first-order valence-corrected chi connectivity index (χ1v) is 7.25. The van der Waals surface area contributed by atoms with Gasteiger partial charge in [-0.05, 0) is 62.5 Å². The average Bonchev–Trinajstić information content (AvgIpc) is 3.11. The Labute approximate surface area is 112 Å². The lowest BCUT2D eigenvalue weighted by Gasteiger charge is -2.25. The van der Waals surface area contributed by atoms with Crippen LogP contribution in [0.3, 0.4) is 0 Å². The number of rotatable bonds is 5. The van der Waals surface area contributed by atoms with Crippen molar-refractivity contribution < 1.29 is 0 Å². The first-order chi connectivity index (χ1) is 8.04. The highest BCUT2D eigenvalue weighted by Crippen LogP contribution is 2.35. The number of aryl methyl sites for hydroxylation is 2. The maximum absolute atomic E-state index is 4.54. The van der Waals surface area contributed by atoms with Crippen LogP contribution in [-0.4, -0.2) is 27.8 Å². The van der Waals surface area contributed by atoms with Crippen LogP contribution in [0.5, 0.6) is 0 Å². The summed E-state index contributed by atoms with van der Waals surface area (Å²) in [6.07, 6.45) is 2.80. The van der Waals surface area contributed by atoms with Gasteiger partial charge in [0.05, 0.1) is 15.9 Å². The molecule has 1 aromatic rings. The predicted octanol–water partition coefficient (Wildman–Crippen LogP) is 3.20. The third-order valence-electron chi connectivity index (χ3n) is 3.85. The Bertz CT molecular complexity index is 396. The van der Waals surface area contributed by atoms with E-state index in [2.05, 4.69) is 58.4 Å². The Hall–Kier alpha value is -0.350. The van der Waals surface area contributed by atoms with E-state index in [-0.39, 0.29) is 0 Å². The molecule has 1 aromatic heterocycles. The van der Waals surface area contributed by atoms with Crippen LogP contribution in [0.1, 0.15) is 38.1 Å². The van der Waals surface area contributed by atoms with Crippen molar-refractivity contribution >= 4 is 15.9 Å². The van der Waals surface area contributed by atoms with Gasteiger partial charge in [0.1, 0.15) is 0 Å². The topological polar surface area (TPSA) is 21.1 Å². The molecule has 0 spiro atoms. The monoisotopic (exact) mass is 299 g/mol. The van der Waals surface area contributed by atoms with Crippen LogP contribution in [0.2, 0.25) is 0 Å². The fourth-order valence-electron chi connectivity index (χ4n) is 2.34. The molecule has 3 nitrogen and oxygen atoms in total. The van der Waals surface area contributed by atoms with E-state index in [1.807, 2.05) is 0 Å². The second-order valence-electron chi connectivity index (χ2n) is 5.15. The lowest BCUT2D eigenvalue weighted by atomic mass is 10.2. The van der Waals surface area contributed by atoms with Crippen LogP contribution in [0.25, 0.3) is 0 Å². The molecule has 2 rings (SSSR count). The summed E-state index contributed by atoms with van der Waals surface area (Å²) in [5.41, 5.74) is 2.40. The van der Waals surface area contributed by atoms with E-state index < -0.39 is 0 Å². The van der Waals surface area contributed by atoms with Crippen molar-refractivity contribution in [3.8, 4) is 0 Å². The van der Waals surface area contributed by atoms with E-state index >= 15 is 0 Å². The maximum Gasteiger partial charge on any atom is 0.0739 e. The van der Waals surface area contributed by atoms with Gasteiger partial charge >= 0.3 is 0 Å². The Morgan fingerprint density at radius 3 is 2.71 bits per heavy atom. The quantitative estimate of drug-likeness (QED) is 0.832. The van der Waals surface area contributed by atoms with Gasteiger partial charge in [-0.25, -0.2) is 0 Å². The zero-order valence-electron chi connectivity index (χ0n) is 11.2. The zero-order valence-corrected chi connectivity index (χ0v) is 12.8. The summed E-state index contributed by atoms with van der Waals surface area (Å²) in [6.45, 7) is 8.46. The molecule has 0 saturated heterocycles. The largest absolute Gasteiger partial charge is 0.298 e. The summed E-state index contributed by atoms with van der Waals surface area (Å²) in [5, 5.41) is 4.54. The molecule has 0 aromatic carbocycles. The summed E-state index contributed by atoms with van der Waals surface area (Å²) in [6, 6.07) is 0.683.